The fraction of sp³-hybridized carbons (Fsp3) is 0.923. The second-order valence-corrected chi connectivity index (χ2v) is 5.49. The topological polar surface area (TPSA) is 41.6 Å². The highest BCUT2D eigenvalue weighted by Gasteiger charge is 2.58. The van der Waals surface area contributed by atoms with Crippen LogP contribution < -0.4 is 5.32 Å². The summed E-state index contributed by atoms with van der Waals surface area (Å²) in [5, 5.41) is 3.41. The van der Waals surface area contributed by atoms with Crippen LogP contribution in [0.3, 0.4) is 0 Å². The molecule has 0 aliphatic heterocycles. The van der Waals surface area contributed by atoms with Crippen LogP contribution in [0.1, 0.15) is 32.6 Å². The molecule has 2 aliphatic rings. The first-order valence-corrected chi connectivity index (χ1v) is 6.65. The summed E-state index contributed by atoms with van der Waals surface area (Å²) in [6.45, 7) is 3.32. The lowest BCUT2D eigenvalue weighted by Gasteiger charge is -2.61. The van der Waals surface area contributed by atoms with Crippen molar-refractivity contribution in [1.82, 2.24) is 10.2 Å². The molecule has 0 aromatic rings. The summed E-state index contributed by atoms with van der Waals surface area (Å²) in [4.78, 5) is 13.2. The molecule has 4 heteroatoms. The zero-order valence-electron chi connectivity index (χ0n) is 11.2. The monoisotopic (exact) mass is 240 g/mol. The van der Waals surface area contributed by atoms with E-state index >= 15 is 0 Å². The smallest absolute Gasteiger partial charge is 0.236 e. The molecule has 2 fully saturated rings. The van der Waals surface area contributed by atoms with Gasteiger partial charge in [0.05, 0.1) is 12.6 Å². The number of hydrogen-bond acceptors (Lipinski definition) is 3. The largest absolute Gasteiger partial charge is 0.378 e. The van der Waals surface area contributed by atoms with E-state index in [9.17, 15) is 4.79 Å². The van der Waals surface area contributed by atoms with Gasteiger partial charge in [0, 0.05) is 32.2 Å². The Morgan fingerprint density at radius 3 is 2.65 bits per heavy atom. The van der Waals surface area contributed by atoms with Crippen molar-refractivity contribution in [1.29, 1.82) is 0 Å². The Balaban J connectivity index is 1.81. The summed E-state index contributed by atoms with van der Waals surface area (Å²) in [5.74, 6) is 0.152. The Kier molecular flexibility index (Phi) is 3.73. The third-order valence-corrected chi connectivity index (χ3v) is 4.44. The first-order chi connectivity index (χ1) is 8.10. The van der Waals surface area contributed by atoms with E-state index < -0.39 is 0 Å². The van der Waals surface area contributed by atoms with Gasteiger partial charge in [-0.2, -0.15) is 0 Å². The Morgan fingerprint density at radius 2 is 2.18 bits per heavy atom. The standard InChI is InChI=1S/C13H24N2O2/c1-4-17-11-8-10(13(11)6-5-7-13)14-9-12(16)15(2)3/h10-11,14H,4-9H2,1-3H3. The van der Waals surface area contributed by atoms with E-state index in [0.29, 0.717) is 24.1 Å². The van der Waals surface area contributed by atoms with Gasteiger partial charge in [-0.25, -0.2) is 0 Å². The van der Waals surface area contributed by atoms with Gasteiger partial charge in [-0.3, -0.25) is 4.79 Å². The predicted molar refractivity (Wildman–Crippen MR) is 66.8 cm³/mol. The van der Waals surface area contributed by atoms with E-state index in [1.165, 1.54) is 19.3 Å². The zero-order chi connectivity index (χ0) is 12.5. The van der Waals surface area contributed by atoms with E-state index in [2.05, 4.69) is 12.2 Å². The minimum atomic E-state index is 0.152. The summed E-state index contributed by atoms with van der Waals surface area (Å²) >= 11 is 0. The first-order valence-electron chi connectivity index (χ1n) is 6.65. The van der Waals surface area contributed by atoms with Crippen molar-refractivity contribution in [3.63, 3.8) is 0 Å². The van der Waals surface area contributed by atoms with Gasteiger partial charge < -0.3 is 15.0 Å². The van der Waals surface area contributed by atoms with E-state index in [0.717, 1.165) is 13.0 Å². The van der Waals surface area contributed by atoms with Crippen LogP contribution in [0.5, 0.6) is 0 Å². The molecule has 2 saturated carbocycles. The molecular formula is C13H24N2O2. The second-order valence-electron chi connectivity index (χ2n) is 5.49. The van der Waals surface area contributed by atoms with Crippen LogP contribution >= 0.6 is 0 Å². The molecule has 2 unspecified atom stereocenters. The van der Waals surface area contributed by atoms with E-state index in [-0.39, 0.29) is 5.91 Å². The van der Waals surface area contributed by atoms with Crippen LogP contribution in [0.25, 0.3) is 0 Å². The van der Waals surface area contributed by atoms with Crippen molar-refractivity contribution in [2.45, 2.75) is 44.8 Å². The molecule has 1 spiro atoms. The Morgan fingerprint density at radius 1 is 1.47 bits per heavy atom. The molecule has 0 aromatic heterocycles. The van der Waals surface area contributed by atoms with Gasteiger partial charge in [0.2, 0.25) is 5.91 Å². The number of carbonyl (C=O) groups is 1. The number of rotatable bonds is 5. The molecule has 0 aromatic carbocycles. The van der Waals surface area contributed by atoms with Gasteiger partial charge >= 0.3 is 0 Å². The molecule has 98 valence electrons. The van der Waals surface area contributed by atoms with Crippen LogP contribution in [0.4, 0.5) is 0 Å². The molecule has 1 amide bonds. The molecule has 0 radical (unpaired) electrons. The van der Waals surface area contributed by atoms with Crippen molar-refractivity contribution >= 4 is 5.91 Å². The van der Waals surface area contributed by atoms with Crippen LogP contribution in [-0.2, 0) is 9.53 Å². The summed E-state index contributed by atoms with van der Waals surface area (Å²) in [7, 11) is 3.60. The molecule has 0 bridgehead atoms. The molecule has 0 heterocycles. The number of amides is 1. The third kappa shape index (κ3) is 2.20. The van der Waals surface area contributed by atoms with Gasteiger partial charge in [-0.1, -0.05) is 6.42 Å². The highest BCUT2D eigenvalue weighted by atomic mass is 16.5. The molecule has 2 atom stereocenters. The van der Waals surface area contributed by atoms with Crippen molar-refractivity contribution in [3.8, 4) is 0 Å². The normalized spacial score (nSPS) is 29.6. The van der Waals surface area contributed by atoms with Crippen LogP contribution in [0, 0.1) is 5.41 Å². The number of ether oxygens (including phenoxy) is 1. The van der Waals surface area contributed by atoms with Crippen LogP contribution in [0.15, 0.2) is 0 Å². The molecule has 2 rings (SSSR count). The number of nitrogens with zero attached hydrogens (tertiary/aromatic N) is 1. The van der Waals surface area contributed by atoms with Gasteiger partial charge in [0.25, 0.3) is 0 Å². The highest BCUT2D eigenvalue weighted by Crippen LogP contribution is 2.57. The fourth-order valence-electron chi connectivity index (χ4n) is 3.09. The van der Waals surface area contributed by atoms with Crippen molar-refractivity contribution in [2.24, 2.45) is 5.41 Å². The Hall–Kier alpha value is -0.610. The lowest BCUT2D eigenvalue weighted by molar-refractivity contribution is -0.173. The zero-order valence-corrected chi connectivity index (χ0v) is 11.2. The number of hydrogen-bond donors (Lipinski definition) is 1. The van der Waals surface area contributed by atoms with E-state index in [4.69, 9.17) is 4.74 Å². The summed E-state index contributed by atoms with van der Waals surface area (Å²) in [5.41, 5.74) is 0.350. The van der Waals surface area contributed by atoms with Gasteiger partial charge in [0.1, 0.15) is 0 Å². The SMILES string of the molecule is CCOC1CC(NCC(=O)N(C)C)C12CCC2. The third-order valence-electron chi connectivity index (χ3n) is 4.44. The van der Waals surface area contributed by atoms with Crippen molar-refractivity contribution in [3.05, 3.63) is 0 Å². The molecule has 17 heavy (non-hydrogen) atoms. The van der Waals surface area contributed by atoms with E-state index in [1.54, 1.807) is 19.0 Å². The number of likely N-dealkylation sites (N-methyl/N-ethyl adjacent to an activating group) is 1. The molecule has 1 N–H and O–H groups in total. The second kappa shape index (κ2) is 4.94. The molecular weight excluding hydrogens is 216 g/mol. The Bertz CT molecular complexity index is 287. The summed E-state index contributed by atoms with van der Waals surface area (Å²) in [6, 6.07) is 0.483. The maximum Gasteiger partial charge on any atom is 0.236 e. The molecule has 2 aliphatic carbocycles. The maximum atomic E-state index is 11.5. The lowest BCUT2D eigenvalue weighted by Crippen LogP contribution is -2.67. The molecule has 0 saturated heterocycles. The maximum absolute atomic E-state index is 11.5. The van der Waals surface area contributed by atoms with Gasteiger partial charge in [0.15, 0.2) is 0 Å². The highest BCUT2D eigenvalue weighted by molar-refractivity contribution is 5.77. The van der Waals surface area contributed by atoms with E-state index in [1.807, 2.05) is 0 Å². The summed E-state index contributed by atoms with van der Waals surface area (Å²) in [6.07, 6.45) is 5.31. The van der Waals surface area contributed by atoms with Crippen LogP contribution in [0.2, 0.25) is 0 Å². The number of carbonyl (C=O) groups excluding carboxylic acids is 1. The predicted octanol–water partition coefficient (Wildman–Crippen LogP) is 1.01. The fourth-order valence-corrected chi connectivity index (χ4v) is 3.09. The number of nitrogens with one attached hydrogen (secondary N) is 1. The first kappa shape index (κ1) is 12.8. The minimum absolute atomic E-state index is 0.152. The van der Waals surface area contributed by atoms with Crippen molar-refractivity contribution in [2.75, 3.05) is 27.2 Å². The average molecular weight is 240 g/mol. The quantitative estimate of drug-likeness (QED) is 0.780. The van der Waals surface area contributed by atoms with Gasteiger partial charge in [-0.05, 0) is 26.2 Å². The molecule has 4 nitrogen and oxygen atoms in total. The minimum Gasteiger partial charge on any atom is -0.378 e. The summed E-state index contributed by atoms with van der Waals surface area (Å²) < 4.78 is 5.78. The van der Waals surface area contributed by atoms with Crippen LogP contribution in [-0.4, -0.2) is 50.2 Å². The lowest BCUT2D eigenvalue weighted by atomic mass is 9.51. The Labute approximate surface area is 104 Å². The van der Waals surface area contributed by atoms with Crippen molar-refractivity contribution < 1.29 is 9.53 Å². The van der Waals surface area contributed by atoms with Gasteiger partial charge in [-0.15, -0.1) is 0 Å². The average Bonchev–Trinajstić information content (AvgIpc) is 2.19.